The highest BCUT2D eigenvalue weighted by Gasteiger charge is 2.32. The first-order chi connectivity index (χ1) is 15.1. The molecule has 0 saturated carbocycles. The lowest BCUT2D eigenvalue weighted by molar-refractivity contribution is -0.175. The molecule has 0 radical (unpaired) electrons. The number of likely N-dealkylation sites (N-methyl/N-ethyl adjacent to an activating group) is 1. The first-order valence-corrected chi connectivity index (χ1v) is 9.74. The van der Waals surface area contributed by atoms with Crippen LogP contribution in [0.5, 0.6) is 0 Å². The maximum atomic E-state index is 14.6. The van der Waals surface area contributed by atoms with Crippen molar-refractivity contribution in [2.24, 2.45) is 0 Å². The van der Waals surface area contributed by atoms with Crippen molar-refractivity contribution in [3.05, 3.63) is 62.8 Å². The number of nitrogen functional groups attached to an aromatic ring is 1. The molecule has 0 unspecified atom stereocenters. The quantitative estimate of drug-likeness (QED) is 0.465. The van der Waals surface area contributed by atoms with E-state index in [2.05, 4.69) is 4.98 Å². The summed E-state index contributed by atoms with van der Waals surface area (Å²) in [5.41, 5.74) is 3.21. The third-order valence-corrected chi connectivity index (χ3v) is 5.47. The van der Waals surface area contributed by atoms with Crippen LogP contribution >= 0.6 is 11.6 Å². The van der Waals surface area contributed by atoms with Gasteiger partial charge >= 0.3 is 5.97 Å². The molecule has 2 N–H and O–H groups in total. The van der Waals surface area contributed by atoms with Crippen LogP contribution in [0.3, 0.4) is 0 Å². The summed E-state index contributed by atoms with van der Waals surface area (Å²) in [5, 5.41) is 0.434. The number of rotatable bonds is 4. The smallest absolute Gasteiger partial charge is 0.362 e. The molecular formula is C20H17ClF3N5O3. The molecule has 0 atom stereocenters. The predicted molar refractivity (Wildman–Crippen MR) is 111 cm³/mol. The zero-order chi connectivity index (χ0) is 23.3. The number of benzene rings is 1. The minimum atomic E-state index is -1.06. The van der Waals surface area contributed by atoms with Gasteiger partial charge in [-0.25, -0.2) is 22.9 Å². The number of hydroxylamine groups is 2. The Morgan fingerprint density at radius 2 is 1.88 bits per heavy atom. The Labute approximate surface area is 184 Å². The lowest BCUT2D eigenvalue weighted by atomic mass is 10.1. The minimum absolute atomic E-state index is 0.174. The van der Waals surface area contributed by atoms with Gasteiger partial charge in [0.25, 0.3) is 0 Å². The molecule has 0 aliphatic carbocycles. The lowest BCUT2D eigenvalue weighted by Crippen LogP contribution is -2.57. The van der Waals surface area contributed by atoms with E-state index in [4.69, 9.17) is 22.2 Å². The SMILES string of the molecule is CN(C)C1CN(OC(=O)c2cn(-c3cc(N)c(F)cc3F)c3nc(Cl)c(F)cc3c2=O)C1. The molecule has 1 aliphatic heterocycles. The summed E-state index contributed by atoms with van der Waals surface area (Å²) in [6.45, 7) is 0.852. The topological polar surface area (TPSA) is 93.7 Å². The maximum absolute atomic E-state index is 14.6. The molecule has 12 heteroatoms. The third kappa shape index (κ3) is 3.78. The molecule has 3 aromatic rings. The highest BCUT2D eigenvalue weighted by molar-refractivity contribution is 6.29. The Bertz CT molecular complexity index is 1310. The van der Waals surface area contributed by atoms with Crippen molar-refractivity contribution in [2.75, 3.05) is 32.9 Å². The van der Waals surface area contributed by atoms with Crippen LogP contribution in [0.4, 0.5) is 18.9 Å². The summed E-state index contributed by atoms with van der Waals surface area (Å²) in [6.07, 6.45) is 0.979. The number of nitrogens with two attached hydrogens (primary N) is 1. The van der Waals surface area contributed by atoms with Crippen molar-refractivity contribution in [2.45, 2.75) is 6.04 Å². The van der Waals surface area contributed by atoms with Gasteiger partial charge in [-0.05, 0) is 26.2 Å². The van der Waals surface area contributed by atoms with Gasteiger partial charge in [0.2, 0.25) is 5.43 Å². The van der Waals surface area contributed by atoms with Crippen LogP contribution in [0.1, 0.15) is 10.4 Å². The molecule has 1 aliphatic rings. The third-order valence-electron chi connectivity index (χ3n) is 5.21. The Balaban J connectivity index is 1.86. The predicted octanol–water partition coefficient (Wildman–Crippen LogP) is 2.36. The van der Waals surface area contributed by atoms with Crippen molar-refractivity contribution in [3.8, 4) is 5.69 Å². The zero-order valence-electron chi connectivity index (χ0n) is 16.9. The number of fused-ring (bicyclic) bond motifs is 1. The van der Waals surface area contributed by atoms with Crippen molar-refractivity contribution in [3.63, 3.8) is 0 Å². The fourth-order valence-corrected chi connectivity index (χ4v) is 3.39. The average Bonchev–Trinajstić information content (AvgIpc) is 2.69. The molecule has 32 heavy (non-hydrogen) atoms. The van der Waals surface area contributed by atoms with E-state index in [1.807, 2.05) is 19.0 Å². The van der Waals surface area contributed by atoms with Crippen LogP contribution in [0.15, 0.2) is 29.2 Å². The van der Waals surface area contributed by atoms with E-state index < -0.39 is 39.6 Å². The molecule has 1 aromatic carbocycles. The van der Waals surface area contributed by atoms with Crippen LogP contribution in [0.25, 0.3) is 16.7 Å². The van der Waals surface area contributed by atoms with E-state index in [-0.39, 0.29) is 28.5 Å². The van der Waals surface area contributed by atoms with E-state index >= 15 is 0 Å². The molecule has 1 saturated heterocycles. The Hall–Kier alpha value is -3.15. The van der Waals surface area contributed by atoms with Crippen LogP contribution in [0, 0.1) is 17.5 Å². The highest BCUT2D eigenvalue weighted by atomic mass is 35.5. The Morgan fingerprint density at radius 3 is 2.53 bits per heavy atom. The summed E-state index contributed by atoms with van der Waals surface area (Å²) in [7, 11) is 3.75. The summed E-state index contributed by atoms with van der Waals surface area (Å²) < 4.78 is 43.3. The standard InChI is InChI=1S/C20H17ClF3N5O3/c1-27(2)9-6-28(7-9)32-20(31)11-8-29(16-5-15(25)12(22)4-13(16)23)19-10(17(11)30)3-14(24)18(21)26-19/h3-5,8-9H,6-7,25H2,1-2H3. The summed E-state index contributed by atoms with van der Waals surface area (Å²) in [4.78, 5) is 36.6. The molecule has 0 spiro atoms. The molecular weight excluding hydrogens is 451 g/mol. The Kier molecular flexibility index (Phi) is 5.57. The van der Waals surface area contributed by atoms with Crippen LogP contribution in [-0.2, 0) is 4.84 Å². The minimum Gasteiger partial charge on any atom is -0.396 e. The van der Waals surface area contributed by atoms with Gasteiger partial charge in [-0.2, -0.15) is 0 Å². The number of carbonyl (C=O) groups is 1. The highest BCUT2D eigenvalue weighted by Crippen LogP contribution is 2.26. The summed E-state index contributed by atoms with van der Waals surface area (Å²) >= 11 is 5.75. The molecule has 0 amide bonds. The van der Waals surface area contributed by atoms with Gasteiger partial charge in [-0.3, -0.25) is 9.36 Å². The maximum Gasteiger partial charge on any atom is 0.362 e. The number of pyridine rings is 2. The normalized spacial score (nSPS) is 14.7. The first-order valence-electron chi connectivity index (χ1n) is 9.36. The van der Waals surface area contributed by atoms with Gasteiger partial charge in [-0.15, -0.1) is 5.06 Å². The van der Waals surface area contributed by atoms with Gasteiger partial charge in [-0.1, -0.05) is 11.6 Å². The van der Waals surface area contributed by atoms with Crippen LogP contribution in [0.2, 0.25) is 5.15 Å². The molecule has 1 fully saturated rings. The fraction of sp³-hybridized carbons (Fsp3) is 0.250. The lowest BCUT2D eigenvalue weighted by Gasteiger charge is -2.40. The van der Waals surface area contributed by atoms with Gasteiger partial charge in [0.1, 0.15) is 17.2 Å². The summed E-state index contributed by atoms with van der Waals surface area (Å²) in [5.74, 6) is -4.08. The van der Waals surface area contributed by atoms with E-state index in [0.717, 1.165) is 22.9 Å². The van der Waals surface area contributed by atoms with Gasteiger partial charge in [0.15, 0.2) is 16.6 Å². The summed E-state index contributed by atoms with van der Waals surface area (Å²) in [6, 6.07) is 2.46. The average molecular weight is 468 g/mol. The van der Waals surface area contributed by atoms with Crippen molar-refractivity contribution < 1.29 is 22.8 Å². The van der Waals surface area contributed by atoms with Crippen LogP contribution in [-0.4, -0.2) is 58.7 Å². The first kappa shape index (κ1) is 22.1. The van der Waals surface area contributed by atoms with E-state index in [9.17, 15) is 22.8 Å². The molecule has 3 heterocycles. The second-order valence-electron chi connectivity index (χ2n) is 7.54. The molecule has 4 rings (SSSR count). The van der Waals surface area contributed by atoms with Crippen molar-refractivity contribution >= 4 is 34.3 Å². The zero-order valence-corrected chi connectivity index (χ0v) is 17.7. The second-order valence-corrected chi connectivity index (χ2v) is 7.90. The molecule has 2 aromatic heterocycles. The number of halogens is 4. The number of anilines is 1. The number of nitrogens with zero attached hydrogens (tertiary/aromatic N) is 4. The fourth-order valence-electron chi connectivity index (χ4n) is 3.25. The van der Waals surface area contributed by atoms with Gasteiger partial charge in [0.05, 0.1) is 29.9 Å². The molecule has 8 nitrogen and oxygen atoms in total. The van der Waals surface area contributed by atoms with E-state index in [1.165, 1.54) is 5.06 Å². The second kappa shape index (κ2) is 8.08. The van der Waals surface area contributed by atoms with Crippen molar-refractivity contribution in [1.29, 1.82) is 0 Å². The Morgan fingerprint density at radius 1 is 1.19 bits per heavy atom. The number of aromatic nitrogens is 2. The van der Waals surface area contributed by atoms with Crippen LogP contribution < -0.4 is 11.2 Å². The number of hydrogen-bond donors (Lipinski definition) is 1. The van der Waals surface area contributed by atoms with Gasteiger partial charge < -0.3 is 15.5 Å². The molecule has 0 bridgehead atoms. The molecule has 168 valence electrons. The number of carbonyl (C=O) groups excluding carboxylic acids is 1. The largest absolute Gasteiger partial charge is 0.396 e. The van der Waals surface area contributed by atoms with E-state index in [1.54, 1.807) is 0 Å². The van der Waals surface area contributed by atoms with E-state index in [0.29, 0.717) is 19.2 Å². The van der Waals surface area contributed by atoms with Crippen molar-refractivity contribution in [1.82, 2.24) is 19.5 Å². The van der Waals surface area contributed by atoms with Gasteiger partial charge in [0, 0.05) is 18.3 Å². The monoisotopic (exact) mass is 467 g/mol. The number of hydrogen-bond acceptors (Lipinski definition) is 7.